The third-order valence-electron chi connectivity index (χ3n) is 7.00. The van der Waals surface area contributed by atoms with Crippen LogP contribution in [0.25, 0.3) is 0 Å². The van der Waals surface area contributed by atoms with E-state index in [1.807, 2.05) is 61.5 Å². The second kappa shape index (κ2) is 14.9. The van der Waals surface area contributed by atoms with Crippen LogP contribution in [0.3, 0.4) is 0 Å². The third-order valence-corrected chi connectivity index (χ3v) is 8.74. The summed E-state index contributed by atoms with van der Waals surface area (Å²) in [6.45, 7) is 2.66. The van der Waals surface area contributed by atoms with Gasteiger partial charge in [0, 0.05) is 32.0 Å². The molecule has 0 aliphatic heterocycles. The average Bonchev–Trinajstić information content (AvgIpc) is 2.97. The number of methoxy groups -OCH3 is 1. The zero-order valence-corrected chi connectivity index (χ0v) is 24.0. The predicted molar refractivity (Wildman–Crippen MR) is 156 cm³/mol. The molecule has 3 atom stereocenters. The molecule has 4 N–H and O–H groups in total. The number of carbonyl (C=O) groups excluding carboxylic acids is 1. The van der Waals surface area contributed by atoms with Crippen LogP contribution in [0.1, 0.15) is 30.9 Å². The van der Waals surface area contributed by atoms with Crippen LogP contribution in [-0.2, 0) is 32.3 Å². The molecule has 0 heterocycles. The highest BCUT2D eigenvalue weighted by atomic mass is 32.2. The van der Waals surface area contributed by atoms with Gasteiger partial charge in [0.15, 0.2) is 15.4 Å². The second-order valence-corrected chi connectivity index (χ2v) is 11.9. The largest absolute Gasteiger partial charge is 0.497 e. The van der Waals surface area contributed by atoms with Gasteiger partial charge >= 0.3 is 0 Å². The Balaban J connectivity index is 1.91. The Morgan fingerprint density at radius 2 is 1.65 bits per heavy atom. The monoisotopic (exact) mass is 568 g/mol. The van der Waals surface area contributed by atoms with Gasteiger partial charge in [-0.3, -0.25) is 4.79 Å². The molecule has 9 heteroatoms. The van der Waals surface area contributed by atoms with E-state index in [0.29, 0.717) is 13.0 Å². The van der Waals surface area contributed by atoms with Crippen LogP contribution in [0.2, 0.25) is 0 Å². The molecule has 0 fully saturated rings. The third kappa shape index (κ3) is 8.38. The van der Waals surface area contributed by atoms with Crippen molar-refractivity contribution >= 4 is 15.7 Å². The quantitative estimate of drug-likeness (QED) is 0.227. The zero-order valence-electron chi connectivity index (χ0n) is 23.2. The van der Waals surface area contributed by atoms with Crippen molar-refractivity contribution in [3.63, 3.8) is 0 Å². The van der Waals surface area contributed by atoms with Crippen LogP contribution in [0.5, 0.6) is 5.75 Å². The van der Waals surface area contributed by atoms with E-state index < -0.39 is 33.4 Å². The molecule has 0 aromatic heterocycles. The van der Waals surface area contributed by atoms with Crippen molar-refractivity contribution in [2.24, 2.45) is 11.7 Å². The Bertz CT molecular complexity index is 1300. The number of aliphatic hydroxyl groups excluding tert-OH is 1. The van der Waals surface area contributed by atoms with Gasteiger partial charge in [0.1, 0.15) is 5.75 Å². The fourth-order valence-corrected chi connectivity index (χ4v) is 6.21. The fraction of sp³-hybridized carbons (Fsp3) is 0.387. The van der Waals surface area contributed by atoms with Crippen molar-refractivity contribution in [3.8, 4) is 5.75 Å². The maximum Gasteiger partial charge on any atom is 0.250 e. The lowest BCUT2D eigenvalue weighted by Gasteiger charge is -2.41. The minimum absolute atomic E-state index is 0.130. The first-order valence-corrected chi connectivity index (χ1v) is 15.1. The van der Waals surface area contributed by atoms with Gasteiger partial charge in [-0.25, -0.2) is 8.42 Å². The number of hydrogen-bond donors (Lipinski definition) is 3. The smallest absolute Gasteiger partial charge is 0.250 e. The van der Waals surface area contributed by atoms with Crippen molar-refractivity contribution in [1.82, 2.24) is 5.32 Å². The summed E-state index contributed by atoms with van der Waals surface area (Å²) in [5.74, 6) is -1.25. The molecule has 0 saturated carbocycles. The van der Waals surface area contributed by atoms with Crippen molar-refractivity contribution < 1.29 is 27.8 Å². The predicted octanol–water partition coefficient (Wildman–Crippen LogP) is 3.52. The molecule has 3 rings (SSSR count). The van der Waals surface area contributed by atoms with Gasteiger partial charge in [-0.1, -0.05) is 67.6 Å². The maximum absolute atomic E-state index is 13.2. The number of benzene rings is 3. The molecular weight excluding hydrogens is 528 g/mol. The number of ether oxygens (including phenoxy) is 2. The van der Waals surface area contributed by atoms with Crippen LogP contribution < -0.4 is 15.8 Å². The van der Waals surface area contributed by atoms with Gasteiger partial charge in [0.2, 0.25) is 5.91 Å². The van der Waals surface area contributed by atoms with Crippen LogP contribution in [0, 0.1) is 5.92 Å². The number of primary amides is 1. The second-order valence-electron chi connectivity index (χ2n) is 9.83. The first-order valence-electron chi connectivity index (χ1n) is 13.5. The topological polar surface area (TPSA) is 128 Å². The zero-order chi connectivity index (χ0) is 29.0. The molecule has 40 heavy (non-hydrogen) atoms. The van der Waals surface area contributed by atoms with E-state index in [9.17, 15) is 18.3 Å². The molecule has 3 aromatic carbocycles. The van der Waals surface area contributed by atoms with Crippen molar-refractivity contribution in [2.75, 3.05) is 26.0 Å². The van der Waals surface area contributed by atoms with Crippen molar-refractivity contribution in [1.29, 1.82) is 0 Å². The van der Waals surface area contributed by atoms with Crippen LogP contribution >= 0.6 is 0 Å². The van der Waals surface area contributed by atoms with Crippen LogP contribution in [0.4, 0.5) is 0 Å². The molecule has 1 amide bonds. The number of rotatable bonds is 17. The summed E-state index contributed by atoms with van der Waals surface area (Å²) in [4.78, 5) is 13.4. The summed E-state index contributed by atoms with van der Waals surface area (Å²) in [6.07, 6.45) is -0.414. The van der Waals surface area contributed by atoms with Crippen LogP contribution in [-0.4, -0.2) is 57.2 Å². The fourth-order valence-electron chi connectivity index (χ4n) is 4.83. The molecule has 3 aromatic rings. The maximum atomic E-state index is 13.2. The van der Waals surface area contributed by atoms with Crippen molar-refractivity contribution in [2.45, 2.75) is 49.3 Å². The number of nitrogens with two attached hydrogens (primary N) is 1. The molecule has 216 valence electrons. The van der Waals surface area contributed by atoms with E-state index >= 15 is 0 Å². The van der Waals surface area contributed by atoms with E-state index in [0.717, 1.165) is 16.9 Å². The van der Waals surface area contributed by atoms with E-state index in [1.54, 1.807) is 25.3 Å². The van der Waals surface area contributed by atoms with Gasteiger partial charge in [-0.15, -0.1) is 0 Å². The molecule has 0 saturated heterocycles. The lowest BCUT2D eigenvalue weighted by Crippen LogP contribution is -2.58. The number of aliphatic hydroxyl groups is 1. The number of hydrogen-bond acceptors (Lipinski definition) is 7. The van der Waals surface area contributed by atoms with Gasteiger partial charge in [0.05, 0.1) is 23.9 Å². The first-order chi connectivity index (χ1) is 19.2. The van der Waals surface area contributed by atoms with Crippen LogP contribution in [0.15, 0.2) is 89.8 Å². The summed E-state index contributed by atoms with van der Waals surface area (Å²) in [5.41, 5.74) is 6.14. The lowest BCUT2D eigenvalue weighted by molar-refractivity contribution is -0.162. The van der Waals surface area contributed by atoms with E-state index in [2.05, 4.69) is 5.32 Å². The summed E-state index contributed by atoms with van der Waals surface area (Å²) in [7, 11) is -2.14. The van der Waals surface area contributed by atoms with Gasteiger partial charge in [0.25, 0.3) is 0 Å². The standard InChI is InChI=1S/C31H40N2O6S/c1-3-18-39-31(30(32)35,17-19-40(36,37)27-15-8-5-9-16-27)28(21-24-11-6-4-7-12-24)29(34)23-33-22-25-13-10-14-26(20-25)38-2/h4-16,20,28-29,33-34H,3,17-19,21-23H2,1-2H3,(H2,32,35)/t28-,29-,31?/m0/s1. The van der Waals surface area contributed by atoms with E-state index in [1.165, 1.54) is 12.1 Å². The minimum atomic E-state index is -3.74. The minimum Gasteiger partial charge on any atom is -0.497 e. The van der Waals surface area contributed by atoms with Crippen molar-refractivity contribution in [3.05, 3.63) is 96.1 Å². The molecule has 0 spiro atoms. The van der Waals surface area contributed by atoms with Gasteiger partial charge in [-0.05, 0) is 48.2 Å². The Kier molecular flexibility index (Phi) is 11.7. The summed E-state index contributed by atoms with van der Waals surface area (Å²) < 4.78 is 37.9. The van der Waals surface area contributed by atoms with E-state index in [4.69, 9.17) is 15.2 Å². The number of carbonyl (C=O) groups is 1. The molecule has 0 aliphatic carbocycles. The SMILES string of the molecule is CCCOC(CCS(=O)(=O)c1ccccc1)(C(N)=O)[C@@H](Cc1ccccc1)[C@@H](O)CNCc1cccc(OC)c1. The van der Waals surface area contributed by atoms with Gasteiger partial charge in [-0.2, -0.15) is 0 Å². The lowest BCUT2D eigenvalue weighted by atomic mass is 9.76. The molecule has 0 radical (unpaired) electrons. The molecule has 0 bridgehead atoms. The summed E-state index contributed by atoms with van der Waals surface area (Å²) >= 11 is 0. The molecule has 8 nitrogen and oxygen atoms in total. The Morgan fingerprint density at radius 3 is 2.27 bits per heavy atom. The highest BCUT2D eigenvalue weighted by molar-refractivity contribution is 7.91. The number of amides is 1. The highest BCUT2D eigenvalue weighted by Crippen LogP contribution is 2.34. The Labute approximate surface area is 237 Å². The molecule has 1 unspecified atom stereocenters. The summed E-state index contributed by atoms with van der Waals surface area (Å²) in [6, 6.07) is 25.1. The normalized spacial score (nSPS) is 14.7. The van der Waals surface area contributed by atoms with E-state index in [-0.39, 0.29) is 36.6 Å². The first kappa shape index (κ1) is 31.3. The molecule has 0 aliphatic rings. The highest BCUT2D eigenvalue weighted by Gasteiger charge is 2.49. The Morgan fingerprint density at radius 1 is 1.00 bits per heavy atom. The molecular formula is C31H40N2O6S. The number of nitrogens with one attached hydrogen (secondary N) is 1. The number of sulfone groups is 1. The summed E-state index contributed by atoms with van der Waals surface area (Å²) in [5, 5.41) is 14.8. The van der Waals surface area contributed by atoms with Gasteiger partial charge < -0.3 is 25.6 Å². The Hall–Kier alpha value is -3.24. The average molecular weight is 569 g/mol.